The maximum atomic E-state index is 11.4. The van der Waals surface area contributed by atoms with Crippen LogP contribution in [-0.2, 0) is 19.1 Å². The van der Waals surface area contributed by atoms with Crippen LogP contribution in [0.2, 0.25) is 0 Å². The fourth-order valence-electron chi connectivity index (χ4n) is 1.76. The topological polar surface area (TPSA) is 113 Å². The zero-order valence-electron chi connectivity index (χ0n) is 11.2. The molecule has 0 saturated carbocycles. The molecule has 0 aromatic carbocycles. The minimum absolute atomic E-state index is 0.253. The fourth-order valence-corrected chi connectivity index (χ4v) is 1.76. The van der Waals surface area contributed by atoms with Gasteiger partial charge in [-0.15, -0.1) is 6.58 Å². The molecule has 3 atom stereocenters. The number of allylic oxidation sites excluding steroid dienone is 1. The quantitative estimate of drug-likeness (QED) is 0.234. The van der Waals surface area contributed by atoms with Crippen molar-refractivity contribution in [3.05, 3.63) is 12.7 Å². The van der Waals surface area contributed by atoms with Gasteiger partial charge in [-0.25, -0.2) is 0 Å². The molecular weight excluding hydrogens is 268 g/mol. The van der Waals surface area contributed by atoms with Crippen molar-refractivity contribution in [1.82, 2.24) is 0 Å². The summed E-state index contributed by atoms with van der Waals surface area (Å²) in [7, 11) is 0. The van der Waals surface area contributed by atoms with Gasteiger partial charge in [0, 0.05) is 6.42 Å². The monoisotopic (exact) mass is 288 g/mol. The highest BCUT2D eigenvalue weighted by molar-refractivity contribution is 5.95. The van der Waals surface area contributed by atoms with E-state index in [0.717, 1.165) is 0 Å². The molecule has 1 aliphatic heterocycles. The van der Waals surface area contributed by atoms with Crippen LogP contribution in [0, 0.1) is 0 Å². The number of carbonyl (C=O) groups is 2. The molecule has 1 fully saturated rings. The van der Waals surface area contributed by atoms with Gasteiger partial charge >= 0.3 is 5.97 Å². The number of carbonyl (C=O) groups excluding carboxylic acids is 2. The lowest BCUT2D eigenvalue weighted by Gasteiger charge is -2.24. The number of hydrogen-bond donors (Lipinski definition) is 3. The van der Waals surface area contributed by atoms with Crippen LogP contribution in [0.4, 0.5) is 0 Å². The summed E-state index contributed by atoms with van der Waals surface area (Å²) < 4.78 is 9.48. The molecule has 0 spiro atoms. The number of Topliss-reactive ketones (excluding diaryl/α,β-unsaturated/α-hetero) is 1. The van der Waals surface area contributed by atoms with Crippen molar-refractivity contribution in [2.24, 2.45) is 0 Å². The van der Waals surface area contributed by atoms with Gasteiger partial charge in [0.15, 0.2) is 0 Å². The minimum atomic E-state index is -2.12. The lowest BCUT2D eigenvalue weighted by atomic mass is 10.1. The summed E-state index contributed by atoms with van der Waals surface area (Å²) >= 11 is 0. The van der Waals surface area contributed by atoms with E-state index < -0.39 is 37.0 Å². The molecule has 1 heterocycles. The fraction of sp³-hybridized carbons (Fsp3) is 0.692. The Morgan fingerprint density at radius 1 is 1.45 bits per heavy atom. The van der Waals surface area contributed by atoms with Gasteiger partial charge in [-0.3, -0.25) is 9.59 Å². The first-order valence-electron chi connectivity index (χ1n) is 6.39. The number of ketones is 1. The van der Waals surface area contributed by atoms with Crippen molar-refractivity contribution in [1.29, 1.82) is 0 Å². The summed E-state index contributed by atoms with van der Waals surface area (Å²) in [6, 6.07) is 0. The first-order chi connectivity index (χ1) is 9.39. The van der Waals surface area contributed by atoms with Crippen molar-refractivity contribution >= 4 is 11.8 Å². The number of aliphatic hydroxyl groups excluding tert-OH is 2. The molecule has 1 aliphatic rings. The van der Waals surface area contributed by atoms with Gasteiger partial charge in [0.1, 0.15) is 31.0 Å². The molecular formula is C13H20O7. The van der Waals surface area contributed by atoms with E-state index in [1.165, 1.54) is 0 Å². The summed E-state index contributed by atoms with van der Waals surface area (Å²) in [6.45, 7) is 2.63. The SMILES string of the molecule is C=CCCCC(=O)CC(=O)OC[C@@]1(O)OC[C@H](O)[C@@H]1O. The lowest BCUT2D eigenvalue weighted by molar-refractivity contribution is -0.240. The molecule has 0 aromatic rings. The molecule has 0 amide bonds. The van der Waals surface area contributed by atoms with Crippen molar-refractivity contribution in [2.45, 2.75) is 43.7 Å². The zero-order chi connectivity index (χ0) is 15.2. The van der Waals surface area contributed by atoms with Crippen molar-refractivity contribution < 1.29 is 34.4 Å². The second kappa shape index (κ2) is 7.49. The molecule has 20 heavy (non-hydrogen) atoms. The average Bonchev–Trinajstić information content (AvgIpc) is 2.65. The number of aliphatic hydroxyl groups is 3. The van der Waals surface area contributed by atoms with Gasteiger partial charge in [0.05, 0.1) is 6.61 Å². The van der Waals surface area contributed by atoms with Gasteiger partial charge in [0.25, 0.3) is 0 Å². The average molecular weight is 288 g/mol. The molecule has 7 nitrogen and oxygen atoms in total. The van der Waals surface area contributed by atoms with Crippen LogP contribution in [-0.4, -0.2) is 58.3 Å². The molecule has 3 N–H and O–H groups in total. The molecule has 1 rings (SSSR count). The molecule has 7 heteroatoms. The molecule has 1 saturated heterocycles. The third kappa shape index (κ3) is 4.68. The predicted molar refractivity (Wildman–Crippen MR) is 67.5 cm³/mol. The second-order valence-electron chi connectivity index (χ2n) is 4.73. The highest BCUT2D eigenvalue weighted by Crippen LogP contribution is 2.24. The van der Waals surface area contributed by atoms with E-state index in [1.54, 1.807) is 6.08 Å². The number of hydrogen-bond acceptors (Lipinski definition) is 7. The van der Waals surface area contributed by atoms with Gasteiger partial charge in [-0.05, 0) is 12.8 Å². The summed E-state index contributed by atoms with van der Waals surface area (Å²) in [5, 5.41) is 28.5. The van der Waals surface area contributed by atoms with Gasteiger partial charge in [0.2, 0.25) is 5.79 Å². The standard InChI is InChI=1S/C13H20O7/c1-2-3-4-5-9(14)6-11(16)19-8-13(18)12(17)10(15)7-20-13/h2,10,12,15,17-18H,1,3-8H2/t10-,12-,13+/m0/s1. The maximum absolute atomic E-state index is 11.4. The van der Waals surface area contributed by atoms with E-state index in [0.29, 0.717) is 12.8 Å². The highest BCUT2D eigenvalue weighted by atomic mass is 16.7. The highest BCUT2D eigenvalue weighted by Gasteiger charge is 2.48. The number of esters is 1. The predicted octanol–water partition coefficient (Wildman–Crippen LogP) is -0.714. The first-order valence-corrected chi connectivity index (χ1v) is 6.39. The maximum Gasteiger partial charge on any atom is 0.313 e. The van der Waals surface area contributed by atoms with Gasteiger partial charge < -0.3 is 24.8 Å². The molecule has 0 unspecified atom stereocenters. The molecule has 0 aromatic heterocycles. The van der Waals surface area contributed by atoms with Crippen LogP contribution in [0.1, 0.15) is 25.7 Å². The van der Waals surface area contributed by atoms with E-state index in [4.69, 9.17) is 9.47 Å². The van der Waals surface area contributed by atoms with Crippen LogP contribution in [0.25, 0.3) is 0 Å². The van der Waals surface area contributed by atoms with Crippen molar-refractivity contribution in [2.75, 3.05) is 13.2 Å². The normalized spacial score (nSPS) is 29.1. The number of unbranched alkanes of at least 4 members (excludes halogenated alkanes) is 1. The third-order valence-corrected chi connectivity index (χ3v) is 2.98. The van der Waals surface area contributed by atoms with Crippen LogP contribution in [0.3, 0.4) is 0 Å². The van der Waals surface area contributed by atoms with Crippen LogP contribution in [0.5, 0.6) is 0 Å². The minimum Gasteiger partial charge on any atom is -0.459 e. The lowest BCUT2D eigenvalue weighted by Crippen LogP contribution is -2.47. The zero-order valence-corrected chi connectivity index (χ0v) is 11.2. The largest absolute Gasteiger partial charge is 0.459 e. The summed E-state index contributed by atoms with van der Waals surface area (Å²) in [6.07, 6.45) is 0.0599. The van der Waals surface area contributed by atoms with Crippen molar-refractivity contribution in [3.63, 3.8) is 0 Å². The number of ether oxygens (including phenoxy) is 2. The molecule has 0 aliphatic carbocycles. The Hall–Kier alpha value is -1.28. The smallest absolute Gasteiger partial charge is 0.313 e. The van der Waals surface area contributed by atoms with E-state index in [1.807, 2.05) is 0 Å². The second-order valence-corrected chi connectivity index (χ2v) is 4.73. The summed E-state index contributed by atoms with van der Waals surface area (Å²) in [5.74, 6) is -3.20. The van der Waals surface area contributed by atoms with Crippen LogP contribution in [0.15, 0.2) is 12.7 Å². The third-order valence-electron chi connectivity index (χ3n) is 2.98. The summed E-state index contributed by atoms with van der Waals surface area (Å²) in [4.78, 5) is 22.8. The Morgan fingerprint density at radius 3 is 2.70 bits per heavy atom. The van der Waals surface area contributed by atoms with E-state index >= 15 is 0 Å². The Balaban J connectivity index is 2.29. The van der Waals surface area contributed by atoms with E-state index in [2.05, 4.69) is 6.58 Å². The van der Waals surface area contributed by atoms with Crippen molar-refractivity contribution in [3.8, 4) is 0 Å². The Labute approximate surface area is 116 Å². The van der Waals surface area contributed by atoms with Gasteiger partial charge in [-0.1, -0.05) is 6.08 Å². The first kappa shape index (κ1) is 16.8. The Kier molecular flexibility index (Phi) is 6.28. The Bertz CT molecular complexity index is 368. The molecule has 0 radical (unpaired) electrons. The number of rotatable bonds is 8. The molecule has 114 valence electrons. The van der Waals surface area contributed by atoms with Crippen LogP contribution < -0.4 is 0 Å². The Morgan fingerprint density at radius 2 is 2.15 bits per heavy atom. The van der Waals surface area contributed by atoms with E-state index in [-0.39, 0.29) is 18.8 Å². The summed E-state index contributed by atoms with van der Waals surface area (Å²) in [5.41, 5.74) is 0. The molecule has 0 bridgehead atoms. The van der Waals surface area contributed by atoms with Gasteiger partial charge in [-0.2, -0.15) is 0 Å². The van der Waals surface area contributed by atoms with E-state index in [9.17, 15) is 24.9 Å². The van der Waals surface area contributed by atoms with Crippen LogP contribution >= 0.6 is 0 Å².